The summed E-state index contributed by atoms with van der Waals surface area (Å²) >= 11 is 0. The Kier molecular flexibility index (Phi) is 3.65. The fourth-order valence-electron chi connectivity index (χ4n) is 1.65. The molecular formula is C13H16N2O2. The first-order valence-electron chi connectivity index (χ1n) is 5.61. The van der Waals surface area contributed by atoms with Crippen molar-refractivity contribution in [2.24, 2.45) is 0 Å². The molecular weight excluding hydrogens is 216 g/mol. The molecule has 0 unspecified atom stereocenters. The second-order valence-electron chi connectivity index (χ2n) is 3.57. The van der Waals surface area contributed by atoms with Crippen molar-refractivity contribution in [3.8, 4) is 11.5 Å². The van der Waals surface area contributed by atoms with Gasteiger partial charge in [0.25, 0.3) is 0 Å². The van der Waals surface area contributed by atoms with Crippen LogP contribution in [0.2, 0.25) is 0 Å². The second-order valence-corrected chi connectivity index (χ2v) is 3.57. The highest BCUT2D eigenvalue weighted by molar-refractivity contribution is 5.39. The predicted octanol–water partition coefficient (Wildman–Crippen LogP) is 2.49. The fraction of sp³-hybridized carbons (Fsp3) is 0.308. The number of aromatic nitrogens is 2. The maximum atomic E-state index is 5.71. The molecule has 0 atom stereocenters. The van der Waals surface area contributed by atoms with Gasteiger partial charge in [-0.2, -0.15) is 0 Å². The molecule has 1 aromatic heterocycles. The minimum absolute atomic E-state index is 0.446. The summed E-state index contributed by atoms with van der Waals surface area (Å²) in [5.74, 6) is 2.39. The lowest BCUT2D eigenvalue weighted by molar-refractivity contribution is 0.272. The zero-order valence-corrected chi connectivity index (χ0v) is 10.1. The molecule has 0 aliphatic carbocycles. The lowest BCUT2D eigenvalue weighted by atomic mass is 10.3. The average molecular weight is 232 g/mol. The lowest BCUT2D eigenvalue weighted by Gasteiger charge is -2.10. The van der Waals surface area contributed by atoms with Crippen molar-refractivity contribution < 1.29 is 9.47 Å². The molecule has 0 amide bonds. The van der Waals surface area contributed by atoms with Crippen LogP contribution >= 0.6 is 0 Å². The molecule has 0 fully saturated rings. The lowest BCUT2D eigenvalue weighted by Crippen LogP contribution is -2.05. The van der Waals surface area contributed by atoms with Gasteiger partial charge < -0.3 is 14.0 Å². The van der Waals surface area contributed by atoms with Crippen LogP contribution in [0.15, 0.2) is 36.7 Å². The van der Waals surface area contributed by atoms with E-state index in [1.807, 2.05) is 30.5 Å². The molecule has 0 spiro atoms. The summed E-state index contributed by atoms with van der Waals surface area (Å²) < 4.78 is 13.0. The van der Waals surface area contributed by atoms with E-state index in [2.05, 4.69) is 16.5 Å². The molecule has 2 rings (SSSR count). The van der Waals surface area contributed by atoms with Crippen molar-refractivity contribution in [1.82, 2.24) is 9.55 Å². The number of imidazole rings is 1. The topological polar surface area (TPSA) is 36.3 Å². The minimum Gasteiger partial charge on any atom is -0.493 e. The van der Waals surface area contributed by atoms with Crippen LogP contribution < -0.4 is 9.47 Å². The highest BCUT2D eigenvalue weighted by atomic mass is 16.5. The quantitative estimate of drug-likeness (QED) is 0.794. The molecule has 2 aromatic rings. The monoisotopic (exact) mass is 232 g/mol. The van der Waals surface area contributed by atoms with E-state index in [9.17, 15) is 0 Å². The van der Waals surface area contributed by atoms with E-state index in [1.54, 1.807) is 13.3 Å². The third-order valence-electron chi connectivity index (χ3n) is 2.57. The summed E-state index contributed by atoms with van der Waals surface area (Å²) in [7, 11) is 1.63. The number of aryl methyl sites for hydroxylation is 1. The van der Waals surface area contributed by atoms with Crippen LogP contribution in [0.25, 0.3) is 0 Å². The molecule has 90 valence electrons. The first kappa shape index (κ1) is 11.5. The summed E-state index contributed by atoms with van der Waals surface area (Å²) in [5, 5.41) is 0. The van der Waals surface area contributed by atoms with E-state index in [4.69, 9.17) is 9.47 Å². The number of benzene rings is 1. The number of methoxy groups -OCH3 is 1. The smallest absolute Gasteiger partial charge is 0.161 e. The zero-order chi connectivity index (χ0) is 12.1. The van der Waals surface area contributed by atoms with Gasteiger partial charge in [-0.3, -0.25) is 0 Å². The second kappa shape index (κ2) is 5.39. The van der Waals surface area contributed by atoms with E-state index in [-0.39, 0.29) is 0 Å². The number of ether oxygens (including phenoxy) is 2. The van der Waals surface area contributed by atoms with E-state index in [0.717, 1.165) is 23.9 Å². The van der Waals surface area contributed by atoms with E-state index < -0.39 is 0 Å². The standard InChI is InChI=1S/C13H16N2O2/c1-3-15-9-8-14-13(15)10-17-12-7-5-4-6-11(12)16-2/h4-9H,3,10H2,1-2H3. The van der Waals surface area contributed by atoms with Crippen molar-refractivity contribution in [3.05, 3.63) is 42.5 Å². The maximum Gasteiger partial charge on any atom is 0.161 e. The van der Waals surface area contributed by atoms with Crippen molar-refractivity contribution in [1.29, 1.82) is 0 Å². The van der Waals surface area contributed by atoms with Crippen LogP contribution in [0.4, 0.5) is 0 Å². The molecule has 0 aliphatic rings. The molecule has 4 heteroatoms. The van der Waals surface area contributed by atoms with Gasteiger partial charge in [0.2, 0.25) is 0 Å². The van der Waals surface area contributed by atoms with Crippen LogP contribution in [-0.2, 0) is 13.2 Å². The Hall–Kier alpha value is -1.97. The maximum absolute atomic E-state index is 5.71. The molecule has 0 aliphatic heterocycles. The molecule has 17 heavy (non-hydrogen) atoms. The van der Waals surface area contributed by atoms with Gasteiger partial charge >= 0.3 is 0 Å². The SMILES string of the molecule is CCn1ccnc1COc1ccccc1OC. The predicted molar refractivity (Wildman–Crippen MR) is 65.2 cm³/mol. The summed E-state index contributed by atoms with van der Waals surface area (Å²) in [4.78, 5) is 4.25. The van der Waals surface area contributed by atoms with E-state index in [1.165, 1.54) is 0 Å². The van der Waals surface area contributed by atoms with Crippen LogP contribution in [-0.4, -0.2) is 16.7 Å². The van der Waals surface area contributed by atoms with Crippen LogP contribution in [0.5, 0.6) is 11.5 Å². The third kappa shape index (κ3) is 2.58. The fourth-order valence-corrected chi connectivity index (χ4v) is 1.65. The number of para-hydroxylation sites is 2. The molecule has 0 radical (unpaired) electrons. The van der Waals surface area contributed by atoms with Gasteiger partial charge in [0.15, 0.2) is 11.5 Å². The van der Waals surface area contributed by atoms with Crippen molar-refractivity contribution >= 4 is 0 Å². The first-order chi connectivity index (χ1) is 8.35. The Balaban J connectivity index is 2.07. The van der Waals surface area contributed by atoms with Crippen molar-refractivity contribution in [3.63, 3.8) is 0 Å². The van der Waals surface area contributed by atoms with Gasteiger partial charge in [0, 0.05) is 18.9 Å². The van der Waals surface area contributed by atoms with Crippen molar-refractivity contribution in [2.75, 3.05) is 7.11 Å². The Morgan fingerprint density at radius 2 is 2.00 bits per heavy atom. The largest absolute Gasteiger partial charge is 0.493 e. The summed E-state index contributed by atoms with van der Waals surface area (Å²) in [6, 6.07) is 7.60. The third-order valence-corrected chi connectivity index (χ3v) is 2.57. The normalized spacial score (nSPS) is 10.2. The molecule has 4 nitrogen and oxygen atoms in total. The molecule has 0 bridgehead atoms. The van der Waals surface area contributed by atoms with Crippen LogP contribution in [0.1, 0.15) is 12.7 Å². The number of hydrogen-bond acceptors (Lipinski definition) is 3. The minimum atomic E-state index is 0.446. The number of hydrogen-bond donors (Lipinski definition) is 0. The molecule has 1 aromatic carbocycles. The molecule has 1 heterocycles. The summed E-state index contributed by atoms with van der Waals surface area (Å²) in [6.45, 7) is 3.42. The summed E-state index contributed by atoms with van der Waals surface area (Å²) in [6.07, 6.45) is 3.73. The van der Waals surface area contributed by atoms with Gasteiger partial charge in [0.1, 0.15) is 12.4 Å². The van der Waals surface area contributed by atoms with Gasteiger partial charge in [-0.25, -0.2) is 4.98 Å². The van der Waals surface area contributed by atoms with Crippen molar-refractivity contribution in [2.45, 2.75) is 20.1 Å². The molecule has 0 saturated carbocycles. The Morgan fingerprint density at radius 1 is 1.24 bits per heavy atom. The van der Waals surface area contributed by atoms with E-state index in [0.29, 0.717) is 6.61 Å². The number of rotatable bonds is 5. The van der Waals surface area contributed by atoms with E-state index >= 15 is 0 Å². The molecule has 0 saturated heterocycles. The molecule has 0 N–H and O–H groups in total. The number of nitrogens with zero attached hydrogens (tertiary/aromatic N) is 2. The highest BCUT2D eigenvalue weighted by Gasteiger charge is 2.05. The zero-order valence-electron chi connectivity index (χ0n) is 10.1. The van der Waals surface area contributed by atoms with Crippen LogP contribution in [0, 0.1) is 0 Å². The first-order valence-corrected chi connectivity index (χ1v) is 5.61. The van der Waals surface area contributed by atoms with Gasteiger partial charge in [-0.05, 0) is 19.1 Å². The van der Waals surface area contributed by atoms with Crippen LogP contribution in [0.3, 0.4) is 0 Å². The average Bonchev–Trinajstić information content (AvgIpc) is 2.84. The Labute approximate surface area is 101 Å². The Morgan fingerprint density at radius 3 is 2.71 bits per heavy atom. The highest BCUT2D eigenvalue weighted by Crippen LogP contribution is 2.26. The summed E-state index contributed by atoms with van der Waals surface area (Å²) in [5.41, 5.74) is 0. The van der Waals surface area contributed by atoms with Gasteiger partial charge in [0.05, 0.1) is 7.11 Å². The Bertz CT molecular complexity index is 480. The van der Waals surface area contributed by atoms with Gasteiger partial charge in [-0.15, -0.1) is 0 Å². The van der Waals surface area contributed by atoms with Gasteiger partial charge in [-0.1, -0.05) is 12.1 Å².